The highest BCUT2D eigenvalue weighted by atomic mass is 16.5. The minimum Gasteiger partial charge on any atom is -0.492 e. The molecule has 0 saturated carbocycles. The van der Waals surface area contributed by atoms with Crippen molar-refractivity contribution < 1.29 is 9.47 Å². The lowest BCUT2D eigenvalue weighted by molar-refractivity contribution is 0.0770. The van der Waals surface area contributed by atoms with Gasteiger partial charge in [0.05, 0.1) is 0 Å². The fourth-order valence-electron chi connectivity index (χ4n) is 2.71. The van der Waals surface area contributed by atoms with E-state index in [0.717, 1.165) is 45.0 Å². The van der Waals surface area contributed by atoms with Gasteiger partial charge in [0.25, 0.3) is 0 Å². The van der Waals surface area contributed by atoms with Gasteiger partial charge in [0.15, 0.2) is 0 Å². The van der Waals surface area contributed by atoms with Crippen LogP contribution < -0.4 is 10.1 Å². The van der Waals surface area contributed by atoms with Gasteiger partial charge in [-0.1, -0.05) is 17.7 Å². The van der Waals surface area contributed by atoms with E-state index in [-0.39, 0.29) is 0 Å². The Bertz CT molecular complexity index is 388. The zero-order valence-corrected chi connectivity index (χ0v) is 12.3. The summed E-state index contributed by atoms with van der Waals surface area (Å²) in [5.41, 5.74) is 3.75. The summed E-state index contributed by atoms with van der Waals surface area (Å²) in [4.78, 5) is 0. The molecule has 2 rings (SSSR count). The van der Waals surface area contributed by atoms with Crippen LogP contribution in [-0.2, 0) is 4.74 Å². The van der Waals surface area contributed by atoms with Crippen molar-refractivity contribution >= 4 is 0 Å². The largest absolute Gasteiger partial charge is 0.492 e. The van der Waals surface area contributed by atoms with Gasteiger partial charge in [0, 0.05) is 25.8 Å². The summed E-state index contributed by atoms with van der Waals surface area (Å²) in [6, 6.07) is 4.94. The minimum atomic E-state index is 0.595. The van der Waals surface area contributed by atoms with Gasteiger partial charge in [-0.15, -0.1) is 0 Å². The summed E-state index contributed by atoms with van der Waals surface area (Å²) < 4.78 is 11.3. The number of hydrogen-bond donors (Lipinski definition) is 1. The van der Waals surface area contributed by atoms with E-state index in [2.05, 4.69) is 38.2 Å². The second-order valence-electron chi connectivity index (χ2n) is 5.42. The summed E-state index contributed by atoms with van der Waals surface area (Å²) >= 11 is 0. The van der Waals surface area contributed by atoms with E-state index in [0.29, 0.717) is 6.04 Å². The summed E-state index contributed by atoms with van der Waals surface area (Å²) in [5, 5.41) is 3.54. The van der Waals surface area contributed by atoms with Crippen molar-refractivity contribution in [2.75, 3.05) is 26.4 Å². The van der Waals surface area contributed by atoms with E-state index in [1.165, 1.54) is 16.7 Å². The predicted molar refractivity (Wildman–Crippen MR) is 78.0 cm³/mol. The molecule has 0 spiro atoms. The van der Waals surface area contributed by atoms with Crippen molar-refractivity contribution in [2.45, 2.75) is 39.7 Å². The quantitative estimate of drug-likeness (QED) is 0.829. The van der Waals surface area contributed by atoms with Crippen molar-refractivity contribution in [3.8, 4) is 5.75 Å². The Morgan fingerprint density at radius 3 is 2.42 bits per heavy atom. The number of hydrogen-bond acceptors (Lipinski definition) is 3. The Labute approximate surface area is 116 Å². The van der Waals surface area contributed by atoms with Crippen LogP contribution in [0.5, 0.6) is 5.75 Å². The molecule has 19 heavy (non-hydrogen) atoms. The number of ether oxygens (including phenoxy) is 2. The maximum absolute atomic E-state index is 5.92. The molecule has 3 nitrogen and oxygen atoms in total. The van der Waals surface area contributed by atoms with E-state index in [9.17, 15) is 0 Å². The van der Waals surface area contributed by atoms with Gasteiger partial charge >= 0.3 is 0 Å². The standard InChI is InChI=1S/C16H25NO2/c1-12-10-13(2)16(14(3)11-12)19-9-6-17-15-4-7-18-8-5-15/h10-11,15,17H,4-9H2,1-3H3. The monoisotopic (exact) mass is 263 g/mol. The second-order valence-corrected chi connectivity index (χ2v) is 5.42. The lowest BCUT2D eigenvalue weighted by Crippen LogP contribution is -2.37. The molecule has 3 heteroatoms. The molecule has 0 aliphatic carbocycles. The maximum Gasteiger partial charge on any atom is 0.125 e. The molecule has 0 amide bonds. The Balaban J connectivity index is 1.76. The predicted octanol–water partition coefficient (Wildman–Crippen LogP) is 2.76. The highest BCUT2D eigenvalue weighted by Crippen LogP contribution is 2.24. The lowest BCUT2D eigenvalue weighted by Gasteiger charge is -2.23. The first kappa shape index (κ1) is 14.4. The zero-order chi connectivity index (χ0) is 13.7. The summed E-state index contributed by atoms with van der Waals surface area (Å²) in [6.45, 7) is 9.74. The van der Waals surface area contributed by atoms with Crippen LogP contribution in [-0.4, -0.2) is 32.4 Å². The topological polar surface area (TPSA) is 30.5 Å². The van der Waals surface area contributed by atoms with Crippen LogP contribution in [0.3, 0.4) is 0 Å². The molecule has 0 bridgehead atoms. The van der Waals surface area contributed by atoms with Crippen LogP contribution in [0.15, 0.2) is 12.1 Å². The molecule has 1 saturated heterocycles. The SMILES string of the molecule is Cc1cc(C)c(OCCNC2CCOCC2)c(C)c1. The fraction of sp³-hybridized carbons (Fsp3) is 0.625. The van der Waals surface area contributed by atoms with Crippen LogP contribution in [0.4, 0.5) is 0 Å². The van der Waals surface area contributed by atoms with Crippen molar-refractivity contribution in [1.82, 2.24) is 5.32 Å². The molecule has 0 unspecified atom stereocenters. The van der Waals surface area contributed by atoms with Gasteiger partial charge < -0.3 is 14.8 Å². The Morgan fingerprint density at radius 2 is 1.79 bits per heavy atom. The molecular weight excluding hydrogens is 238 g/mol. The van der Waals surface area contributed by atoms with Crippen molar-refractivity contribution in [2.24, 2.45) is 0 Å². The second kappa shape index (κ2) is 6.92. The van der Waals surface area contributed by atoms with Gasteiger partial charge in [0.1, 0.15) is 12.4 Å². The third kappa shape index (κ3) is 4.22. The average Bonchev–Trinajstić information content (AvgIpc) is 2.38. The number of nitrogens with one attached hydrogen (secondary N) is 1. The van der Waals surface area contributed by atoms with Crippen LogP contribution in [0.25, 0.3) is 0 Å². The van der Waals surface area contributed by atoms with E-state index in [4.69, 9.17) is 9.47 Å². The summed E-state index contributed by atoms with van der Waals surface area (Å²) in [7, 11) is 0. The highest BCUT2D eigenvalue weighted by molar-refractivity contribution is 5.42. The van der Waals surface area contributed by atoms with Crippen molar-refractivity contribution in [3.05, 3.63) is 28.8 Å². The molecule has 0 radical (unpaired) electrons. The molecule has 1 aliphatic rings. The molecule has 1 fully saturated rings. The number of aryl methyl sites for hydroxylation is 3. The molecular formula is C16H25NO2. The molecule has 106 valence electrons. The van der Waals surface area contributed by atoms with Crippen molar-refractivity contribution in [1.29, 1.82) is 0 Å². The normalized spacial score (nSPS) is 16.6. The Hall–Kier alpha value is -1.06. The van der Waals surface area contributed by atoms with Gasteiger partial charge in [-0.3, -0.25) is 0 Å². The highest BCUT2D eigenvalue weighted by Gasteiger charge is 2.12. The molecule has 0 atom stereocenters. The van der Waals surface area contributed by atoms with Gasteiger partial charge in [-0.2, -0.15) is 0 Å². The first-order valence-corrected chi connectivity index (χ1v) is 7.18. The van der Waals surface area contributed by atoms with E-state index in [1.807, 2.05) is 0 Å². The third-order valence-electron chi connectivity index (χ3n) is 3.61. The maximum atomic E-state index is 5.92. The first-order chi connectivity index (χ1) is 9.16. The number of rotatable bonds is 5. The summed E-state index contributed by atoms with van der Waals surface area (Å²) in [6.07, 6.45) is 2.23. The van der Waals surface area contributed by atoms with Crippen LogP contribution in [0.2, 0.25) is 0 Å². The van der Waals surface area contributed by atoms with Gasteiger partial charge in [-0.25, -0.2) is 0 Å². The number of benzene rings is 1. The molecule has 0 aromatic heterocycles. The van der Waals surface area contributed by atoms with E-state index in [1.54, 1.807) is 0 Å². The van der Waals surface area contributed by atoms with Crippen molar-refractivity contribution in [3.63, 3.8) is 0 Å². The van der Waals surface area contributed by atoms with Gasteiger partial charge in [0.2, 0.25) is 0 Å². The molecule has 1 aliphatic heterocycles. The molecule has 1 aromatic rings. The Morgan fingerprint density at radius 1 is 1.16 bits per heavy atom. The Kier molecular flexibility index (Phi) is 5.23. The average molecular weight is 263 g/mol. The van der Waals surface area contributed by atoms with E-state index < -0.39 is 0 Å². The summed E-state index contributed by atoms with van der Waals surface area (Å²) in [5.74, 6) is 1.04. The van der Waals surface area contributed by atoms with Gasteiger partial charge in [-0.05, 0) is 44.7 Å². The lowest BCUT2D eigenvalue weighted by atomic mass is 10.1. The fourth-order valence-corrected chi connectivity index (χ4v) is 2.71. The van der Waals surface area contributed by atoms with Crippen LogP contribution in [0, 0.1) is 20.8 Å². The third-order valence-corrected chi connectivity index (χ3v) is 3.61. The van der Waals surface area contributed by atoms with Crippen LogP contribution in [0.1, 0.15) is 29.5 Å². The molecule has 1 aromatic carbocycles. The molecule has 1 N–H and O–H groups in total. The first-order valence-electron chi connectivity index (χ1n) is 7.18. The minimum absolute atomic E-state index is 0.595. The molecule has 1 heterocycles. The van der Waals surface area contributed by atoms with E-state index >= 15 is 0 Å². The smallest absolute Gasteiger partial charge is 0.125 e. The zero-order valence-electron chi connectivity index (χ0n) is 12.3. The van der Waals surface area contributed by atoms with Crippen LogP contribution >= 0.6 is 0 Å².